The Morgan fingerprint density at radius 1 is 1.36 bits per heavy atom. The van der Waals surface area contributed by atoms with Gasteiger partial charge < -0.3 is 15.0 Å². The molecule has 0 spiro atoms. The molecule has 2 heterocycles. The number of epoxide rings is 1. The quantitative estimate of drug-likeness (QED) is 0.568. The third-order valence-corrected chi connectivity index (χ3v) is 2.38. The molecule has 0 aromatic carbocycles. The highest BCUT2D eigenvalue weighted by molar-refractivity contribution is 4.73. The summed E-state index contributed by atoms with van der Waals surface area (Å²) in [6.45, 7) is 6.98. The third kappa shape index (κ3) is 2.43. The van der Waals surface area contributed by atoms with E-state index in [1.54, 1.807) is 0 Å². The van der Waals surface area contributed by atoms with Gasteiger partial charge in [0, 0.05) is 32.7 Å². The van der Waals surface area contributed by atoms with Crippen LogP contribution in [-0.2, 0) is 4.74 Å². The van der Waals surface area contributed by atoms with Crippen LogP contribution in [0.4, 0.5) is 0 Å². The maximum absolute atomic E-state index is 5.16. The maximum Gasteiger partial charge on any atom is 0.0822 e. The Morgan fingerprint density at radius 3 is 2.73 bits per heavy atom. The Bertz CT molecular complexity index is 119. The number of piperazine rings is 1. The van der Waals surface area contributed by atoms with Gasteiger partial charge in [-0.05, 0) is 6.42 Å². The Kier molecular flexibility index (Phi) is 2.41. The topological polar surface area (TPSA) is 27.8 Å². The van der Waals surface area contributed by atoms with Gasteiger partial charge in [-0.1, -0.05) is 0 Å². The van der Waals surface area contributed by atoms with Gasteiger partial charge >= 0.3 is 0 Å². The summed E-state index contributed by atoms with van der Waals surface area (Å²) < 4.78 is 5.16. The van der Waals surface area contributed by atoms with Crippen LogP contribution >= 0.6 is 0 Å². The lowest BCUT2D eigenvalue weighted by atomic mass is 10.3. The predicted octanol–water partition coefficient (Wildman–Crippen LogP) is -0.319. The van der Waals surface area contributed by atoms with Crippen LogP contribution in [0.25, 0.3) is 0 Å². The first kappa shape index (κ1) is 7.53. The molecule has 0 radical (unpaired) electrons. The zero-order valence-corrected chi connectivity index (χ0v) is 6.88. The fraction of sp³-hybridized carbons (Fsp3) is 1.00. The molecule has 3 heteroatoms. The predicted molar refractivity (Wildman–Crippen MR) is 43.7 cm³/mol. The van der Waals surface area contributed by atoms with Gasteiger partial charge in [-0.2, -0.15) is 0 Å². The summed E-state index contributed by atoms with van der Waals surface area (Å²) >= 11 is 0. The molecule has 1 atom stereocenters. The SMILES string of the molecule is C1CN(CCC2CO2)CCN1. The van der Waals surface area contributed by atoms with E-state index in [1.165, 1.54) is 26.1 Å². The fourth-order valence-corrected chi connectivity index (χ4v) is 1.50. The minimum atomic E-state index is 0.602. The lowest BCUT2D eigenvalue weighted by Gasteiger charge is -2.26. The van der Waals surface area contributed by atoms with Crippen molar-refractivity contribution in [3.8, 4) is 0 Å². The van der Waals surface area contributed by atoms with Gasteiger partial charge in [-0.25, -0.2) is 0 Å². The molecule has 2 rings (SSSR count). The number of hydrogen-bond acceptors (Lipinski definition) is 3. The number of hydrogen-bond donors (Lipinski definition) is 1. The highest BCUT2D eigenvalue weighted by Gasteiger charge is 2.23. The van der Waals surface area contributed by atoms with Crippen molar-refractivity contribution in [2.45, 2.75) is 12.5 Å². The van der Waals surface area contributed by atoms with Crippen LogP contribution in [-0.4, -0.2) is 50.3 Å². The van der Waals surface area contributed by atoms with Crippen LogP contribution in [0, 0.1) is 0 Å². The van der Waals surface area contributed by atoms with E-state index in [1.807, 2.05) is 0 Å². The van der Waals surface area contributed by atoms with E-state index in [0.29, 0.717) is 6.10 Å². The van der Waals surface area contributed by atoms with Gasteiger partial charge in [0.1, 0.15) is 0 Å². The third-order valence-electron chi connectivity index (χ3n) is 2.38. The van der Waals surface area contributed by atoms with Crippen molar-refractivity contribution in [2.24, 2.45) is 0 Å². The number of rotatable bonds is 3. The van der Waals surface area contributed by atoms with Crippen molar-refractivity contribution in [2.75, 3.05) is 39.3 Å². The van der Waals surface area contributed by atoms with Crippen molar-refractivity contribution >= 4 is 0 Å². The van der Waals surface area contributed by atoms with Crippen LogP contribution in [0.2, 0.25) is 0 Å². The summed E-state index contributed by atoms with van der Waals surface area (Å²) in [5.41, 5.74) is 0. The van der Waals surface area contributed by atoms with Gasteiger partial charge in [-0.15, -0.1) is 0 Å². The molecule has 11 heavy (non-hydrogen) atoms. The summed E-state index contributed by atoms with van der Waals surface area (Å²) in [7, 11) is 0. The zero-order valence-electron chi connectivity index (χ0n) is 6.88. The molecule has 2 saturated heterocycles. The monoisotopic (exact) mass is 156 g/mol. The highest BCUT2D eigenvalue weighted by atomic mass is 16.6. The molecular formula is C8H16N2O. The van der Waals surface area contributed by atoms with Crippen LogP contribution < -0.4 is 5.32 Å². The van der Waals surface area contributed by atoms with Crippen LogP contribution in [0.3, 0.4) is 0 Å². The smallest absolute Gasteiger partial charge is 0.0822 e. The normalized spacial score (nSPS) is 32.2. The molecule has 1 unspecified atom stereocenters. The number of ether oxygens (including phenoxy) is 1. The summed E-state index contributed by atoms with van der Waals surface area (Å²) in [4.78, 5) is 2.51. The number of nitrogens with zero attached hydrogens (tertiary/aromatic N) is 1. The van der Waals surface area contributed by atoms with Gasteiger partial charge in [0.2, 0.25) is 0 Å². The van der Waals surface area contributed by atoms with Crippen LogP contribution in [0.1, 0.15) is 6.42 Å². The molecule has 2 aliphatic heterocycles. The molecular weight excluding hydrogens is 140 g/mol. The van der Waals surface area contributed by atoms with Gasteiger partial charge in [0.05, 0.1) is 12.7 Å². The van der Waals surface area contributed by atoms with Crippen LogP contribution in [0.5, 0.6) is 0 Å². The van der Waals surface area contributed by atoms with E-state index < -0.39 is 0 Å². The second-order valence-electron chi connectivity index (χ2n) is 3.34. The molecule has 2 fully saturated rings. The zero-order chi connectivity index (χ0) is 7.52. The first-order valence-corrected chi connectivity index (χ1v) is 4.50. The second kappa shape index (κ2) is 3.52. The molecule has 0 aromatic heterocycles. The average molecular weight is 156 g/mol. The second-order valence-corrected chi connectivity index (χ2v) is 3.34. The lowest BCUT2D eigenvalue weighted by molar-refractivity contribution is 0.228. The minimum Gasteiger partial charge on any atom is -0.373 e. The Labute approximate surface area is 67.7 Å². The van der Waals surface area contributed by atoms with Crippen molar-refractivity contribution in [3.63, 3.8) is 0 Å². The van der Waals surface area contributed by atoms with E-state index in [2.05, 4.69) is 10.2 Å². The first-order valence-electron chi connectivity index (χ1n) is 4.50. The Morgan fingerprint density at radius 2 is 2.09 bits per heavy atom. The first-order chi connectivity index (χ1) is 5.45. The van der Waals surface area contributed by atoms with Gasteiger partial charge in [-0.3, -0.25) is 0 Å². The molecule has 0 aliphatic carbocycles. The molecule has 0 bridgehead atoms. The van der Waals surface area contributed by atoms with Crippen molar-refractivity contribution in [1.82, 2.24) is 10.2 Å². The van der Waals surface area contributed by atoms with E-state index in [4.69, 9.17) is 4.74 Å². The highest BCUT2D eigenvalue weighted by Crippen LogP contribution is 2.13. The molecule has 0 amide bonds. The molecule has 0 aromatic rings. The van der Waals surface area contributed by atoms with E-state index in [0.717, 1.165) is 19.7 Å². The van der Waals surface area contributed by atoms with Crippen LogP contribution in [0.15, 0.2) is 0 Å². The van der Waals surface area contributed by atoms with Crippen molar-refractivity contribution < 1.29 is 4.74 Å². The molecule has 0 saturated carbocycles. The van der Waals surface area contributed by atoms with Gasteiger partial charge in [0.15, 0.2) is 0 Å². The summed E-state index contributed by atoms with van der Waals surface area (Å²) in [5.74, 6) is 0. The lowest BCUT2D eigenvalue weighted by Crippen LogP contribution is -2.43. The van der Waals surface area contributed by atoms with Crippen molar-refractivity contribution in [1.29, 1.82) is 0 Å². The molecule has 2 aliphatic rings. The average Bonchev–Trinajstić information content (AvgIpc) is 2.86. The fourth-order valence-electron chi connectivity index (χ4n) is 1.50. The minimum absolute atomic E-state index is 0.602. The number of nitrogens with one attached hydrogen (secondary N) is 1. The molecule has 64 valence electrons. The molecule has 3 nitrogen and oxygen atoms in total. The largest absolute Gasteiger partial charge is 0.373 e. The van der Waals surface area contributed by atoms with Crippen molar-refractivity contribution in [3.05, 3.63) is 0 Å². The van der Waals surface area contributed by atoms with Gasteiger partial charge in [0.25, 0.3) is 0 Å². The Balaban J connectivity index is 1.59. The van der Waals surface area contributed by atoms with E-state index in [-0.39, 0.29) is 0 Å². The Hall–Kier alpha value is -0.120. The maximum atomic E-state index is 5.16. The van der Waals surface area contributed by atoms with E-state index >= 15 is 0 Å². The summed E-state index contributed by atoms with van der Waals surface area (Å²) in [6, 6.07) is 0. The molecule has 1 N–H and O–H groups in total. The van der Waals surface area contributed by atoms with E-state index in [9.17, 15) is 0 Å². The summed E-state index contributed by atoms with van der Waals surface area (Å²) in [6.07, 6.45) is 1.84. The standard InChI is InChI=1S/C8H16N2O/c1(8-7-11-8)4-10-5-2-9-3-6-10/h8-9H,1-7H2. The summed E-state index contributed by atoms with van der Waals surface area (Å²) in [5, 5.41) is 3.35.